The molecule has 0 atom stereocenters. The third kappa shape index (κ3) is 6.93. The van der Waals surface area contributed by atoms with Crippen LogP contribution in [0, 0.1) is 0 Å². The fourth-order valence-electron chi connectivity index (χ4n) is 4.14. The van der Waals surface area contributed by atoms with Gasteiger partial charge in [0.05, 0.1) is 18.6 Å². The molecule has 10 nitrogen and oxygen atoms in total. The number of carbonyl (C=O) groups is 4. The zero-order valence-corrected chi connectivity index (χ0v) is 24.0. The molecule has 2 aliphatic heterocycles. The van der Waals surface area contributed by atoms with Gasteiger partial charge in [-0.15, -0.1) is 0 Å². The number of piperazine rings is 1. The third-order valence-electron chi connectivity index (χ3n) is 6.14. The van der Waals surface area contributed by atoms with Crippen LogP contribution in [0.3, 0.4) is 0 Å². The lowest BCUT2D eigenvalue weighted by Gasteiger charge is -2.36. The summed E-state index contributed by atoms with van der Waals surface area (Å²) in [4.78, 5) is 55.3. The summed E-state index contributed by atoms with van der Waals surface area (Å²) >= 11 is 4.21. The lowest BCUT2D eigenvalue weighted by Crippen LogP contribution is -2.51. The van der Waals surface area contributed by atoms with Gasteiger partial charge in [-0.2, -0.15) is 0 Å². The van der Waals surface area contributed by atoms with E-state index in [9.17, 15) is 19.2 Å². The van der Waals surface area contributed by atoms with Gasteiger partial charge in [-0.25, -0.2) is 4.79 Å². The monoisotopic (exact) mass is 617 g/mol. The van der Waals surface area contributed by atoms with Crippen LogP contribution in [0.5, 0.6) is 11.5 Å². The Kier molecular flexibility index (Phi) is 9.52. The first kappa shape index (κ1) is 28.5. The number of halogens is 1. The van der Waals surface area contributed by atoms with Crippen LogP contribution in [0.1, 0.15) is 12.5 Å². The molecule has 2 aliphatic rings. The van der Waals surface area contributed by atoms with Crippen LogP contribution < -0.4 is 14.4 Å². The molecule has 0 saturated carbocycles. The Hall–Kier alpha value is -3.51. The van der Waals surface area contributed by atoms with Crippen molar-refractivity contribution in [1.29, 1.82) is 0 Å². The number of esters is 1. The van der Waals surface area contributed by atoms with Crippen molar-refractivity contribution in [3.8, 4) is 11.5 Å². The molecular weight excluding hydrogens is 590 g/mol. The molecule has 0 bridgehead atoms. The zero-order valence-electron chi connectivity index (χ0n) is 21.6. The molecule has 0 unspecified atom stereocenters. The summed E-state index contributed by atoms with van der Waals surface area (Å²) in [6.07, 6.45) is 1.55. The Morgan fingerprint density at radius 2 is 1.77 bits per heavy atom. The Morgan fingerprint density at radius 1 is 1.05 bits per heavy atom. The molecule has 0 N–H and O–H groups in total. The number of imide groups is 1. The first-order valence-corrected chi connectivity index (χ1v) is 13.9. The van der Waals surface area contributed by atoms with Crippen molar-refractivity contribution in [2.24, 2.45) is 0 Å². The number of carbonyl (C=O) groups excluding carboxylic acids is 4. The van der Waals surface area contributed by atoms with Crippen molar-refractivity contribution < 1.29 is 33.4 Å². The summed E-state index contributed by atoms with van der Waals surface area (Å²) in [7, 11) is 1.45. The maximum absolute atomic E-state index is 13.1. The second kappa shape index (κ2) is 13.0. The maximum Gasteiger partial charge on any atom is 0.344 e. The predicted octanol–water partition coefficient (Wildman–Crippen LogP) is 3.78. The number of amides is 3. The van der Waals surface area contributed by atoms with E-state index < -0.39 is 17.1 Å². The quantitative estimate of drug-likeness (QED) is 0.307. The van der Waals surface area contributed by atoms with E-state index in [0.29, 0.717) is 47.7 Å². The molecule has 206 valence electrons. The molecule has 12 heteroatoms. The molecule has 0 radical (unpaired) electrons. The second-order valence-electron chi connectivity index (χ2n) is 8.59. The topological polar surface area (TPSA) is 106 Å². The first-order chi connectivity index (χ1) is 18.8. The van der Waals surface area contributed by atoms with E-state index in [2.05, 4.69) is 20.8 Å². The summed E-state index contributed by atoms with van der Waals surface area (Å²) < 4.78 is 16.3. The van der Waals surface area contributed by atoms with Gasteiger partial charge < -0.3 is 24.0 Å². The van der Waals surface area contributed by atoms with Gasteiger partial charge in [0.25, 0.3) is 11.1 Å². The number of methoxy groups -OCH3 is 1. The zero-order chi connectivity index (χ0) is 27.9. The van der Waals surface area contributed by atoms with Crippen molar-refractivity contribution in [2.45, 2.75) is 6.92 Å². The van der Waals surface area contributed by atoms with Gasteiger partial charge in [-0.05, 0) is 54.6 Å². The number of rotatable bonds is 9. The molecule has 2 heterocycles. The molecule has 4 rings (SSSR count). The molecule has 39 heavy (non-hydrogen) atoms. The molecule has 2 saturated heterocycles. The normalized spacial score (nSPS) is 16.6. The fourth-order valence-corrected chi connectivity index (χ4v) is 5.40. The van der Waals surface area contributed by atoms with Gasteiger partial charge in [-0.3, -0.25) is 19.3 Å². The lowest BCUT2D eigenvalue weighted by atomic mass is 10.2. The Labute approximate surface area is 239 Å². The van der Waals surface area contributed by atoms with Crippen molar-refractivity contribution in [3.63, 3.8) is 0 Å². The van der Waals surface area contributed by atoms with E-state index in [0.717, 1.165) is 22.3 Å². The minimum atomic E-state index is -0.533. The van der Waals surface area contributed by atoms with Gasteiger partial charge in [0.2, 0.25) is 5.91 Å². The van der Waals surface area contributed by atoms with Crippen molar-refractivity contribution in [3.05, 3.63) is 57.4 Å². The van der Waals surface area contributed by atoms with Crippen molar-refractivity contribution >= 4 is 62.5 Å². The molecule has 2 fully saturated rings. The van der Waals surface area contributed by atoms with Gasteiger partial charge in [0.1, 0.15) is 6.54 Å². The third-order valence-corrected chi connectivity index (χ3v) is 7.74. The molecule has 0 aliphatic carbocycles. The van der Waals surface area contributed by atoms with Crippen LogP contribution in [0.15, 0.2) is 51.8 Å². The van der Waals surface area contributed by atoms with E-state index >= 15 is 0 Å². The van der Waals surface area contributed by atoms with E-state index in [1.165, 1.54) is 7.11 Å². The Balaban J connectivity index is 1.39. The van der Waals surface area contributed by atoms with E-state index in [4.69, 9.17) is 14.2 Å². The molecule has 0 spiro atoms. The largest absolute Gasteiger partial charge is 0.493 e. The summed E-state index contributed by atoms with van der Waals surface area (Å²) in [5, 5.41) is -0.500. The van der Waals surface area contributed by atoms with Crippen LogP contribution in [-0.4, -0.2) is 85.9 Å². The highest BCUT2D eigenvalue weighted by Crippen LogP contribution is 2.38. The average Bonchev–Trinajstić information content (AvgIpc) is 3.21. The highest BCUT2D eigenvalue weighted by atomic mass is 79.9. The summed E-state index contributed by atoms with van der Waals surface area (Å²) in [5.41, 5.74) is 1.66. The van der Waals surface area contributed by atoms with Gasteiger partial charge >= 0.3 is 5.97 Å². The first-order valence-electron chi connectivity index (χ1n) is 12.3. The standard InChI is InChI=1S/C27H28BrN3O7S/c1-3-37-25(33)17-38-22-15-20(28)18(13-21(22)36-2)14-23-26(34)31(27(35)39-23)16-24(32)30-11-9-29(10-12-30)19-7-5-4-6-8-19/h4-8,13-15H,3,9-12,16-17H2,1-2H3/b23-14+. The second-order valence-corrected chi connectivity index (χ2v) is 10.4. The molecule has 2 aromatic rings. The number of para-hydroxylation sites is 1. The highest BCUT2D eigenvalue weighted by molar-refractivity contribution is 9.10. The number of benzene rings is 2. The van der Waals surface area contributed by atoms with Gasteiger partial charge in [0.15, 0.2) is 18.1 Å². The lowest BCUT2D eigenvalue weighted by molar-refractivity contribution is -0.145. The van der Waals surface area contributed by atoms with Gasteiger partial charge in [0, 0.05) is 36.3 Å². The van der Waals surface area contributed by atoms with Crippen molar-refractivity contribution in [2.75, 3.05) is 57.9 Å². The number of thioether (sulfide) groups is 1. The number of ether oxygens (including phenoxy) is 3. The smallest absolute Gasteiger partial charge is 0.344 e. The van der Waals surface area contributed by atoms with E-state index in [-0.39, 0.29) is 30.6 Å². The molecule has 3 amide bonds. The number of anilines is 1. The van der Waals surface area contributed by atoms with Gasteiger partial charge in [-0.1, -0.05) is 34.1 Å². The Bertz CT molecular complexity index is 1280. The van der Waals surface area contributed by atoms with Crippen LogP contribution in [-0.2, 0) is 19.1 Å². The fraction of sp³-hybridized carbons (Fsp3) is 0.333. The predicted molar refractivity (Wildman–Crippen MR) is 151 cm³/mol. The summed E-state index contributed by atoms with van der Waals surface area (Å²) in [5.74, 6) is -0.675. The number of hydrogen-bond donors (Lipinski definition) is 0. The average molecular weight is 619 g/mol. The van der Waals surface area contributed by atoms with Crippen LogP contribution in [0.4, 0.5) is 10.5 Å². The van der Waals surface area contributed by atoms with Crippen LogP contribution >= 0.6 is 27.7 Å². The maximum atomic E-state index is 13.1. The molecule has 0 aromatic heterocycles. The summed E-state index contributed by atoms with van der Waals surface area (Å²) in [6, 6.07) is 13.2. The number of hydrogen-bond acceptors (Lipinski definition) is 9. The van der Waals surface area contributed by atoms with Crippen LogP contribution in [0.25, 0.3) is 6.08 Å². The molecule has 2 aromatic carbocycles. The minimum Gasteiger partial charge on any atom is -0.493 e. The summed E-state index contributed by atoms with van der Waals surface area (Å²) in [6.45, 7) is 3.72. The van der Waals surface area contributed by atoms with E-state index in [1.807, 2.05) is 30.3 Å². The minimum absolute atomic E-state index is 0.185. The highest BCUT2D eigenvalue weighted by Gasteiger charge is 2.37. The number of nitrogens with zero attached hydrogens (tertiary/aromatic N) is 3. The SMILES string of the molecule is CCOC(=O)COc1cc(Br)c(/C=C2/SC(=O)N(CC(=O)N3CCN(c4ccccc4)CC3)C2=O)cc1OC. The molecular formula is C27H28BrN3O7S. The van der Waals surface area contributed by atoms with Crippen LogP contribution in [0.2, 0.25) is 0 Å². The Morgan fingerprint density at radius 3 is 2.44 bits per heavy atom. The van der Waals surface area contributed by atoms with E-state index in [1.54, 1.807) is 30.0 Å². The van der Waals surface area contributed by atoms with Crippen molar-refractivity contribution in [1.82, 2.24) is 9.80 Å².